The average Bonchev–Trinajstić information content (AvgIpc) is 2.34. The van der Waals surface area contributed by atoms with Gasteiger partial charge in [0.1, 0.15) is 0 Å². The Labute approximate surface area is 109 Å². The normalized spacial score (nSPS) is 11.5. The Hall–Kier alpha value is -2.28. The first-order chi connectivity index (χ1) is 8.49. The van der Waals surface area contributed by atoms with Gasteiger partial charge in [-0.15, -0.1) is 0 Å². The van der Waals surface area contributed by atoms with Crippen molar-refractivity contribution in [2.75, 3.05) is 0 Å². The molecule has 0 saturated heterocycles. The average molecular weight is 264 g/mol. The van der Waals surface area contributed by atoms with Crippen LogP contribution in [0.1, 0.15) is 12.5 Å². The van der Waals surface area contributed by atoms with Crippen LogP contribution in [-0.4, -0.2) is 15.7 Å². The molecule has 6 nitrogen and oxygen atoms in total. The highest BCUT2D eigenvalue weighted by atomic mass is 32.1. The predicted octanol–water partition coefficient (Wildman–Crippen LogP) is 1.82. The summed E-state index contributed by atoms with van der Waals surface area (Å²) in [4.78, 5) is 10.2. The number of hydrogen-bond donors (Lipinski definition) is 2. The summed E-state index contributed by atoms with van der Waals surface area (Å²) >= 11 is 4.60. The SMILES string of the molecule is CC(C=Cc1cccc([N+](=O)[O-])c1)=NNC(N)=S. The summed E-state index contributed by atoms with van der Waals surface area (Å²) in [5.74, 6) is 0. The molecule has 0 unspecified atom stereocenters. The van der Waals surface area contributed by atoms with E-state index in [0.29, 0.717) is 11.3 Å². The van der Waals surface area contributed by atoms with Gasteiger partial charge in [-0.1, -0.05) is 18.2 Å². The molecule has 0 spiro atoms. The molecule has 1 rings (SSSR count). The maximum atomic E-state index is 10.6. The number of benzene rings is 1. The summed E-state index contributed by atoms with van der Waals surface area (Å²) in [6.07, 6.45) is 3.41. The van der Waals surface area contributed by atoms with Crippen molar-refractivity contribution in [1.82, 2.24) is 5.43 Å². The number of nitrogens with zero attached hydrogens (tertiary/aromatic N) is 2. The second-order valence-corrected chi connectivity index (χ2v) is 3.85. The zero-order chi connectivity index (χ0) is 13.5. The summed E-state index contributed by atoms with van der Waals surface area (Å²) in [6.45, 7) is 1.75. The summed E-state index contributed by atoms with van der Waals surface area (Å²) in [6, 6.07) is 6.30. The van der Waals surface area contributed by atoms with E-state index < -0.39 is 4.92 Å². The lowest BCUT2D eigenvalue weighted by molar-refractivity contribution is -0.384. The number of nitrogens with one attached hydrogen (secondary N) is 1. The molecule has 1 aromatic carbocycles. The standard InChI is InChI=1S/C11H12N4O2S/c1-8(13-14-11(12)18)5-6-9-3-2-4-10(7-9)15(16)17/h2-7H,1H3,(H3,12,14,18). The number of non-ortho nitro benzene ring substituents is 1. The van der Waals surface area contributed by atoms with Crippen LogP contribution < -0.4 is 11.2 Å². The molecular formula is C11H12N4O2S. The molecule has 0 atom stereocenters. The fourth-order valence-electron chi connectivity index (χ4n) is 1.14. The quantitative estimate of drug-likeness (QED) is 0.374. The molecule has 0 bridgehead atoms. The number of nitrogens with two attached hydrogens (primary N) is 1. The van der Waals surface area contributed by atoms with Crippen molar-refractivity contribution in [3.05, 3.63) is 46.0 Å². The molecule has 0 radical (unpaired) electrons. The second-order valence-electron chi connectivity index (χ2n) is 3.41. The summed E-state index contributed by atoms with van der Waals surface area (Å²) in [5, 5.41) is 14.5. The van der Waals surface area contributed by atoms with Crippen molar-refractivity contribution in [1.29, 1.82) is 0 Å². The monoisotopic (exact) mass is 264 g/mol. The topological polar surface area (TPSA) is 93.5 Å². The van der Waals surface area contributed by atoms with Crippen LogP contribution in [0.3, 0.4) is 0 Å². The highest BCUT2D eigenvalue weighted by molar-refractivity contribution is 7.80. The zero-order valence-corrected chi connectivity index (χ0v) is 10.5. The van der Waals surface area contributed by atoms with Gasteiger partial charge in [0, 0.05) is 12.1 Å². The van der Waals surface area contributed by atoms with E-state index in [-0.39, 0.29) is 10.8 Å². The Morgan fingerprint density at radius 3 is 2.94 bits per heavy atom. The van der Waals surface area contributed by atoms with Crippen molar-refractivity contribution in [2.45, 2.75) is 6.92 Å². The first-order valence-electron chi connectivity index (χ1n) is 5.01. The number of thiocarbonyl (C=S) groups is 1. The molecule has 0 aliphatic heterocycles. The number of nitro groups is 1. The Balaban J connectivity index is 2.78. The van der Waals surface area contributed by atoms with Crippen LogP contribution in [-0.2, 0) is 0 Å². The minimum Gasteiger partial charge on any atom is -0.375 e. The first kappa shape index (κ1) is 13.8. The Morgan fingerprint density at radius 1 is 1.61 bits per heavy atom. The van der Waals surface area contributed by atoms with Gasteiger partial charge < -0.3 is 5.73 Å². The number of allylic oxidation sites excluding steroid dienone is 1. The lowest BCUT2D eigenvalue weighted by Gasteiger charge is -1.96. The maximum absolute atomic E-state index is 10.6. The fourth-order valence-corrected chi connectivity index (χ4v) is 1.19. The molecule has 0 aliphatic carbocycles. The molecule has 0 aliphatic rings. The van der Waals surface area contributed by atoms with Crippen LogP contribution in [0.5, 0.6) is 0 Å². The van der Waals surface area contributed by atoms with E-state index in [2.05, 4.69) is 22.7 Å². The lowest BCUT2D eigenvalue weighted by atomic mass is 10.2. The van der Waals surface area contributed by atoms with Crippen LogP contribution in [0.15, 0.2) is 35.4 Å². The molecule has 1 aromatic rings. The number of rotatable bonds is 4. The number of hydrogen-bond acceptors (Lipinski definition) is 4. The Kier molecular flexibility index (Phi) is 4.94. The fraction of sp³-hybridized carbons (Fsp3) is 0.0909. The predicted molar refractivity (Wildman–Crippen MR) is 75.2 cm³/mol. The van der Waals surface area contributed by atoms with Crippen molar-refractivity contribution in [2.24, 2.45) is 10.8 Å². The van der Waals surface area contributed by atoms with E-state index in [1.165, 1.54) is 12.1 Å². The molecule has 0 saturated carbocycles. The van der Waals surface area contributed by atoms with E-state index in [1.54, 1.807) is 31.2 Å². The highest BCUT2D eigenvalue weighted by Crippen LogP contribution is 2.14. The van der Waals surface area contributed by atoms with E-state index in [0.717, 1.165) is 0 Å². The van der Waals surface area contributed by atoms with E-state index in [1.807, 2.05) is 0 Å². The maximum Gasteiger partial charge on any atom is 0.270 e. The van der Waals surface area contributed by atoms with Gasteiger partial charge >= 0.3 is 0 Å². The molecule has 94 valence electrons. The minimum atomic E-state index is -0.438. The van der Waals surface area contributed by atoms with Crippen LogP contribution in [0.4, 0.5) is 5.69 Å². The smallest absolute Gasteiger partial charge is 0.270 e. The van der Waals surface area contributed by atoms with Crippen molar-refractivity contribution >= 4 is 34.8 Å². The molecule has 0 aromatic heterocycles. The molecular weight excluding hydrogens is 252 g/mol. The largest absolute Gasteiger partial charge is 0.375 e. The van der Waals surface area contributed by atoms with Gasteiger partial charge in [0.05, 0.1) is 10.6 Å². The molecule has 0 fully saturated rings. The van der Waals surface area contributed by atoms with Gasteiger partial charge in [0.25, 0.3) is 5.69 Å². The van der Waals surface area contributed by atoms with Crippen LogP contribution in [0.25, 0.3) is 6.08 Å². The second kappa shape index (κ2) is 6.45. The minimum absolute atomic E-state index is 0.0491. The Morgan fingerprint density at radius 2 is 2.33 bits per heavy atom. The third-order valence-electron chi connectivity index (χ3n) is 1.94. The van der Waals surface area contributed by atoms with E-state index in [4.69, 9.17) is 5.73 Å². The zero-order valence-electron chi connectivity index (χ0n) is 9.66. The third kappa shape index (κ3) is 4.71. The lowest BCUT2D eigenvalue weighted by Crippen LogP contribution is -2.24. The van der Waals surface area contributed by atoms with Crippen molar-refractivity contribution in [3.63, 3.8) is 0 Å². The van der Waals surface area contributed by atoms with Gasteiger partial charge in [0.2, 0.25) is 0 Å². The molecule has 3 N–H and O–H groups in total. The van der Waals surface area contributed by atoms with Gasteiger partial charge in [-0.05, 0) is 30.8 Å². The first-order valence-corrected chi connectivity index (χ1v) is 5.42. The number of hydrazone groups is 1. The molecule has 0 amide bonds. The van der Waals surface area contributed by atoms with Crippen LogP contribution in [0, 0.1) is 10.1 Å². The molecule has 18 heavy (non-hydrogen) atoms. The van der Waals surface area contributed by atoms with E-state index in [9.17, 15) is 10.1 Å². The summed E-state index contributed by atoms with van der Waals surface area (Å²) < 4.78 is 0. The molecule has 7 heteroatoms. The van der Waals surface area contributed by atoms with Gasteiger partial charge in [-0.25, -0.2) is 0 Å². The van der Waals surface area contributed by atoms with Crippen molar-refractivity contribution in [3.8, 4) is 0 Å². The van der Waals surface area contributed by atoms with Gasteiger partial charge in [-0.3, -0.25) is 15.5 Å². The third-order valence-corrected chi connectivity index (χ3v) is 2.03. The van der Waals surface area contributed by atoms with Gasteiger partial charge in [0.15, 0.2) is 5.11 Å². The summed E-state index contributed by atoms with van der Waals surface area (Å²) in [5.41, 5.74) is 9.08. The summed E-state index contributed by atoms with van der Waals surface area (Å²) in [7, 11) is 0. The van der Waals surface area contributed by atoms with Crippen LogP contribution >= 0.6 is 12.2 Å². The van der Waals surface area contributed by atoms with Gasteiger partial charge in [-0.2, -0.15) is 5.10 Å². The van der Waals surface area contributed by atoms with E-state index >= 15 is 0 Å². The Bertz CT molecular complexity index is 526. The number of nitro benzene ring substituents is 1. The molecule has 0 heterocycles. The highest BCUT2D eigenvalue weighted by Gasteiger charge is 2.03. The van der Waals surface area contributed by atoms with Crippen molar-refractivity contribution < 1.29 is 4.92 Å². The van der Waals surface area contributed by atoms with Crippen LogP contribution in [0.2, 0.25) is 0 Å².